The standard InChI is InChI=1S/C12H12BrFO3S/c1-3-17-11(15)10-12(2,16)8-6(13)4-5-7(14)9(8)18-10/h4-5,10,16H,3H2,1-2H3. The number of ether oxygens (including phenoxy) is 1. The van der Waals surface area contributed by atoms with Gasteiger partial charge in [-0.2, -0.15) is 0 Å². The van der Waals surface area contributed by atoms with Crippen LogP contribution in [0.25, 0.3) is 0 Å². The molecule has 1 heterocycles. The number of thioether (sulfide) groups is 1. The van der Waals surface area contributed by atoms with Crippen molar-refractivity contribution in [3.05, 3.63) is 28.0 Å². The summed E-state index contributed by atoms with van der Waals surface area (Å²) in [6.45, 7) is 3.42. The molecule has 6 heteroatoms. The number of carbonyl (C=O) groups is 1. The first-order valence-electron chi connectivity index (χ1n) is 5.43. The van der Waals surface area contributed by atoms with Crippen molar-refractivity contribution in [2.24, 2.45) is 0 Å². The molecule has 0 radical (unpaired) electrons. The molecule has 2 unspecified atom stereocenters. The first-order valence-corrected chi connectivity index (χ1v) is 7.11. The van der Waals surface area contributed by atoms with E-state index in [4.69, 9.17) is 4.74 Å². The molecule has 1 N–H and O–H groups in total. The number of benzene rings is 1. The molecule has 1 aliphatic rings. The second kappa shape index (κ2) is 4.83. The smallest absolute Gasteiger partial charge is 0.322 e. The highest BCUT2D eigenvalue weighted by molar-refractivity contribution is 9.10. The van der Waals surface area contributed by atoms with Crippen LogP contribution in [0, 0.1) is 5.82 Å². The van der Waals surface area contributed by atoms with Crippen LogP contribution >= 0.6 is 27.7 Å². The van der Waals surface area contributed by atoms with Gasteiger partial charge in [-0.05, 0) is 26.0 Å². The summed E-state index contributed by atoms with van der Waals surface area (Å²) in [5, 5.41) is 9.64. The largest absolute Gasteiger partial charge is 0.465 e. The zero-order valence-corrected chi connectivity index (χ0v) is 12.3. The molecule has 1 aromatic carbocycles. The first kappa shape index (κ1) is 13.8. The normalized spacial score (nSPS) is 25.9. The maximum Gasteiger partial charge on any atom is 0.322 e. The summed E-state index contributed by atoms with van der Waals surface area (Å²) >= 11 is 4.28. The van der Waals surface area contributed by atoms with E-state index in [0.717, 1.165) is 11.8 Å². The van der Waals surface area contributed by atoms with Gasteiger partial charge in [0.1, 0.15) is 16.7 Å². The molecule has 2 rings (SSSR count). The third kappa shape index (κ3) is 2.06. The van der Waals surface area contributed by atoms with Crippen molar-refractivity contribution in [2.75, 3.05) is 6.61 Å². The first-order chi connectivity index (χ1) is 8.39. The van der Waals surface area contributed by atoms with Crippen LogP contribution in [0.15, 0.2) is 21.5 Å². The molecule has 0 aromatic heterocycles. The van der Waals surface area contributed by atoms with Crippen molar-refractivity contribution in [1.29, 1.82) is 0 Å². The van der Waals surface area contributed by atoms with Gasteiger partial charge in [0.2, 0.25) is 0 Å². The van der Waals surface area contributed by atoms with Crippen LogP contribution in [-0.4, -0.2) is 22.9 Å². The fourth-order valence-corrected chi connectivity index (χ4v) is 4.20. The Morgan fingerprint density at radius 1 is 1.67 bits per heavy atom. The van der Waals surface area contributed by atoms with Crippen LogP contribution in [0.4, 0.5) is 4.39 Å². The van der Waals surface area contributed by atoms with E-state index in [9.17, 15) is 14.3 Å². The van der Waals surface area contributed by atoms with E-state index in [1.54, 1.807) is 6.92 Å². The average Bonchev–Trinajstić information content (AvgIpc) is 2.57. The molecule has 0 saturated carbocycles. The number of halogens is 2. The maximum absolute atomic E-state index is 13.7. The fraction of sp³-hybridized carbons (Fsp3) is 0.417. The van der Waals surface area contributed by atoms with E-state index >= 15 is 0 Å². The van der Waals surface area contributed by atoms with Crippen LogP contribution in [0.3, 0.4) is 0 Å². The van der Waals surface area contributed by atoms with Crippen molar-refractivity contribution >= 4 is 33.7 Å². The molecule has 18 heavy (non-hydrogen) atoms. The lowest BCUT2D eigenvalue weighted by Gasteiger charge is -2.24. The van der Waals surface area contributed by atoms with Gasteiger partial charge in [-0.15, -0.1) is 11.8 Å². The SMILES string of the molecule is CCOC(=O)C1Sc2c(F)ccc(Br)c2C1(C)O. The molecular weight excluding hydrogens is 323 g/mol. The third-order valence-corrected chi connectivity index (χ3v) is 4.99. The number of esters is 1. The molecule has 1 aliphatic heterocycles. The number of aliphatic hydroxyl groups is 1. The molecule has 0 saturated heterocycles. The van der Waals surface area contributed by atoms with Gasteiger partial charge in [-0.25, -0.2) is 4.39 Å². The second-order valence-corrected chi connectivity index (χ2v) is 6.10. The van der Waals surface area contributed by atoms with Crippen molar-refractivity contribution in [1.82, 2.24) is 0 Å². The zero-order valence-electron chi connectivity index (χ0n) is 9.87. The quantitative estimate of drug-likeness (QED) is 0.845. The Kier molecular flexibility index (Phi) is 3.71. The van der Waals surface area contributed by atoms with Crippen LogP contribution in [0.2, 0.25) is 0 Å². The van der Waals surface area contributed by atoms with Crippen LogP contribution in [0.1, 0.15) is 19.4 Å². The van der Waals surface area contributed by atoms with Gasteiger partial charge in [0.25, 0.3) is 0 Å². The minimum atomic E-state index is -1.45. The minimum absolute atomic E-state index is 0.228. The van der Waals surface area contributed by atoms with Gasteiger partial charge < -0.3 is 9.84 Å². The Morgan fingerprint density at radius 3 is 2.89 bits per heavy atom. The van der Waals surface area contributed by atoms with E-state index in [0.29, 0.717) is 14.9 Å². The Balaban J connectivity index is 2.48. The van der Waals surface area contributed by atoms with Gasteiger partial charge in [-0.1, -0.05) is 15.9 Å². The average molecular weight is 335 g/mol. The summed E-state index contributed by atoms with van der Waals surface area (Å²) in [5.41, 5.74) is -1.04. The number of carbonyl (C=O) groups excluding carboxylic acids is 1. The fourth-order valence-electron chi connectivity index (χ4n) is 1.98. The molecule has 0 spiro atoms. The molecule has 0 fully saturated rings. The molecule has 0 amide bonds. The van der Waals surface area contributed by atoms with Crippen LogP contribution in [-0.2, 0) is 15.1 Å². The van der Waals surface area contributed by atoms with Crippen molar-refractivity contribution in [3.8, 4) is 0 Å². The highest BCUT2D eigenvalue weighted by Gasteiger charge is 2.49. The number of hydrogen-bond donors (Lipinski definition) is 1. The summed E-state index contributed by atoms with van der Waals surface area (Å²) in [6, 6.07) is 2.83. The molecule has 3 nitrogen and oxygen atoms in total. The lowest BCUT2D eigenvalue weighted by Crippen LogP contribution is -2.37. The van der Waals surface area contributed by atoms with Crippen molar-refractivity contribution in [2.45, 2.75) is 29.6 Å². The van der Waals surface area contributed by atoms with E-state index in [-0.39, 0.29) is 6.61 Å². The Labute approximate surface area is 117 Å². The van der Waals surface area contributed by atoms with Gasteiger partial charge >= 0.3 is 5.97 Å². The summed E-state index contributed by atoms with van der Waals surface area (Å²) in [4.78, 5) is 12.1. The van der Waals surface area contributed by atoms with Gasteiger partial charge in [0.15, 0.2) is 0 Å². The Morgan fingerprint density at radius 2 is 2.33 bits per heavy atom. The van der Waals surface area contributed by atoms with Gasteiger partial charge in [0, 0.05) is 10.0 Å². The highest BCUT2D eigenvalue weighted by Crippen LogP contribution is 2.52. The predicted molar refractivity (Wildman–Crippen MR) is 69.9 cm³/mol. The van der Waals surface area contributed by atoms with Gasteiger partial charge in [0.05, 0.1) is 11.5 Å². The third-order valence-electron chi connectivity index (χ3n) is 2.81. The highest BCUT2D eigenvalue weighted by atomic mass is 79.9. The number of fused-ring (bicyclic) bond motifs is 1. The monoisotopic (exact) mass is 334 g/mol. The Bertz CT molecular complexity index is 504. The Hall–Kier alpha value is -0.590. The molecule has 0 bridgehead atoms. The molecule has 0 aliphatic carbocycles. The lowest BCUT2D eigenvalue weighted by atomic mass is 9.92. The summed E-state index contributed by atoms with van der Waals surface area (Å²) in [6.07, 6.45) is 0. The topological polar surface area (TPSA) is 46.5 Å². The predicted octanol–water partition coefficient (Wildman–Crippen LogP) is 2.83. The van der Waals surface area contributed by atoms with E-state index in [2.05, 4.69) is 15.9 Å². The van der Waals surface area contributed by atoms with Crippen LogP contribution in [0.5, 0.6) is 0 Å². The zero-order chi connectivity index (χ0) is 13.5. The van der Waals surface area contributed by atoms with Crippen LogP contribution < -0.4 is 0 Å². The molecule has 98 valence electrons. The maximum atomic E-state index is 13.7. The lowest BCUT2D eigenvalue weighted by molar-refractivity contribution is -0.147. The van der Waals surface area contributed by atoms with Crippen molar-refractivity contribution < 1.29 is 19.0 Å². The molecular formula is C12H12BrFO3S. The number of hydrogen-bond acceptors (Lipinski definition) is 4. The summed E-state index contributed by atoms with van der Waals surface area (Å²) in [5.74, 6) is -0.972. The molecule has 1 aromatic rings. The number of rotatable bonds is 2. The van der Waals surface area contributed by atoms with Crippen molar-refractivity contribution in [3.63, 3.8) is 0 Å². The van der Waals surface area contributed by atoms with E-state index in [1.807, 2.05) is 0 Å². The van der Waals surface area contributed by atoms with E-state index < -0.39 is 22.6 Å². The van der Waals surface area contributed by atoms with Gasteiger partial charge in [-0.3, -0.25) is 4.79 Å². The minimum Gasteiger partial charge on any atom is -0.465 e. The molecule has 2 atom stereocenters. The van der Waals surface area contributed by atoms with E-state index in [1.165, 1.54) is 19.1 Å². The summed E-state index contributed by atoms with van der Waals surface area (Å²) in [7, 11) is 0. The summed E-state index contributed by atoms with van der Waals surface area (Å²) < 4.78 is 19.2. The second-order valence-electron chi connectivity index (χ2n) is 4.13.